The van der Waals surface area contributed by atoms with Crippen LogP contribution in [-0.4, -0.2) is 70.5 Å². The summed E-state index contributed by atoms with van der Waals surface area (Å²) in [4.78, 5) is 4.70. The van der Waals surface area contributed by atoms with Crippen molar-refractivity contribution in [2.24, 2.45) is 0 Å². The predicted molar refractivity (Wildman–Crippen MR) is 119 cm³/mol. The molecule has 6 heteroatoms. The molecule has 1 fully saturated rings. The fraction of sp³-hybridized carbons (Fsp3) is 0.500. The Morgan fingerprint density at radius 1 is 0.967 bits per heavy atom. The van der Waals surface area contributed by atoms with E-state index in [1.807, 2.05) is 18.2 Å². The number of hydrogen-bond acceptors (Lipinski definition) is 6. The van der Waals surface area contributed by atoms with E-state index >= 15 is 0 Å². The fourth-order valence-corrected chi connectivity index (χ4v) is 3.68. The topological polar surface area (TPSA) is 43.4 Å². The van der Waals surface area contributed by atoms with Gasteiger partial charge in [0.15, 0.2) is 0 Å². The zero-order valence-corrected chi connectivity index (χ0v) is 18.4. The molecule has 30 heavy (non-hydrogen) atoms. The van der Waals surface area contributed by atoms with Crippen molar-refractivity contribution in [2.45, 2.75) is 19.5 Å². The van der Waals surface area contributed by atoms with Crippen LogP contribution in [0, 0.1) is 0 Å². The summed E-state index contributed by atoms with van der Waals surface area (Å²) in [6, 6.07) is 14.3. The van der Waals surface area contributed by atoms with Gasteiger partial charge in [0.05, 0.1) is 34.0 Å². The predicted octanol–water partition coefficient (Wildman–Crippen LogP) is 3.44. The third-order valence-corrected chi connectivity index (χ3v) is 5.28. The van der Waals surface area contributed by atoms with Crippen LogP contribution in [-0.2, 0) is 17.8 Å². The molecule has 0 radical (unpaired) electrons. The summed E-state index contributed by atoms with van der Waals surface area (Å²) in [6.07, 6.45) is 1.03. The van der Waals surface area contributed by atoms with Gasteiger partial charge < -0.3 is 18.9 Å². The molecule has 2 aromatic carbocycles. The molecular weight excluding hydrogens is 380 g/mol. The number of hydrogen-bond donors (Lipinski definition) is 0. The van der Waals surface area contributed by atoms with Crippen molar-refractivity contribution in [3.63, 3.8) is 0 Å². The highest BCUT2D eigenvalue weighted by Crippen LogP contribution is 2.26. The maximum atomic E-state index is 5.99. The van der Waals surface area contributed by atoms with E-state index in [9.17, 15) is 0 Å². The van der Waals surface area contributed by atoms with Gasteiger partial charge >= 0.3 is 0 Å². The molecule has 3 rings (SSSR count). The van der Waals surface area contributed by atoms with Gasteiger partial charge in [-0.05, 0) is 37.2 Å². The van der Waals surface area contributed by atoms with Gasteiger partial charge in [0.1, 0.15) is 17.2 Å². The lowest BCUT2D eigenvalue weighted by Gasteiger charge is -2.26. The number of rotatable bonds is 11. The summed E-state index contributed by atoms with van der Waals surface area (Å²) in [6.45, 7) is 7.17. The molecule has 1 saturated heterocycles. The summed E-state index contributed by atoms with van der Waals surface area (Å²) in [5.74, 6) is 2.58. The zero-order valence-electron chi connectivity index (χ0n) is 18.4. The Hall–Kier alpha value is -2.28. The largest absolute Gasteiger partial charge is 0.497 e. The lowest BCUT2D eigenvalue weighted by molar-refractivity contribution is 0.0358. The molecule has 0 saturated carbocycles. The van der Waals surface area contributed by atoms with E-state index in [1.54, 1.807) is 14.2 Å². The van der Waals surface area contributed by atoms with Gasteiger partial charge in [-0.1, -0.05) is 18.2 Å². The highest BCUT2D eigenvalue weighted by atomic mass is 16.5. The van der Waals surface area contributed by atoms with Crippen LogP contribution < -0.4 is 14.2 Å². The molecule has 164 valence electrons. The molecular formula is C24H34N2O4. The van der Waals surface area contributed by atoms with E-state index in [2.05, 4.69) is 41.1 Å². The van der Waals surface area contributed by atoms with Crippen LogP contribution in [0.25, 0.3) is 0 Å². The average molecular weight is 415 g/mol. The Morgan fingerprint density at radius 3 is 2.57 bits per heavy atom. The maximum Gasteiger partial charge on any atom is 0.127 e. The second-order valence-corrected chi connectivity index (χ2v) is 7.65. The quantitative estimate of drug-likeness (QED) is 0.525. The van der Waals surface area contributed by atoms with Crippen LogP contribution in [0.5, 0.6) is 17.2 Å². The molecule has 1 heterocycles. The summed E-state index contributed by atoms with van der Waals surface area (Å²) in [5, 5.41) is 0. The number of nitrogens with zero attached hydrogens (tertiary/aromatic N) is 2. The molecule has 0 N–H and O–H groups in total. The Labute approximate surface area is 180 Å². The molecule has 0 bridgehead atoms. The van der Waals surface area contributed by atoms with Gasteiger partial charge in [-0.25, -0.2) is 0 Å². The minimum absolute atomic E-state index is 0.736. The van der Waals surface area contributed by atoms with E-state index < -0.39 is 0 Å². The SMILES string of the molecule is COc1ccc(CN(C)Cc2cccc(OCCCN3CCOCC3)c2)c(OC)c1. The molecule has 0 amide bonds. The van der Waals surface area contributed by atoms with Crippen LogP contribution >= 0.6 is 0 Å². The van der Waals surface area contributed by atoms with Gasteiger partial charge in [-0.2, -0.15) is 0 Å². The average Bonchev–Trinajstić information content (AvgIpc) is 2.78. The molecule has 2 aromatic rings. The third-order valence-electron chi connectivity index (χ3n) is 5.28. The van der Waals surface area contributed by atoms with Gasteiger partial charge in [0.25, 0.3) is 0 Å². The molecule has 0 spiro atoms. The smallest absolute Gasteiger partial charge is 0.127 e. The first-order chi connectivity index (χ1) is 14.7. The summed E-state index contributed by atoms with van der Waals surface area (Å²) in [7, 11) is 5.47. The van der Waals surface area contributed by atoms with E-state index in [4.69, 9.17) is 18.9 Å². The Bertz CT molecular complexity index is 778. The molecule has 0 aromatic heterocycles. The molecule has 1 aliphatic heterocycles. The van der Waals surface area contributed by atoms with Crippen molar-refractivity contribution in [1.29, 1.82) is 0 Å². The molecule has 0 unspecified atom stereocenters. The van der Waals surface area contributed by atoms with Crippen molar-refractivity contribution in [1.82, 2.24) is 9.80 Å². The van der Waals surface area contributed by atoms with Crippen molar-refractivity contribution >= 4 is 0 Å². The van der Waals surface area contributed by atoms with Crippen molar-refractivity contribution in [3.05, 3.63) is 53.6 Å². The monoisotopic (exact) mass is 414 g/mol. The van der Waals surface area contributed by atoms with Gasteiger partial charge in [-0.15, -0.1) is 0 Å². The summed E-state index contributed by atoms with van der Waals surface area (Å²) >= 11 is 0. The van der Waals surface area contributed by atoms with E-state index in [0.29, 0.717) is 0 Å². The Balaban J connectivity index is 1.47. The van der Waals surface area contributed by atoms with Crippen LogP contribution in [0.15, 0.2) is 42.5 Å². The minimum atomic E-state index is 0.736. The molecule has 0 atom stereocenters. The van der Waals surface area contributed by atoms with Crippen LogP contribution in [0.3, 0.4) is 0 Å². The minimum Gasteiger partial charge on any atom is -0.497 e. The highest BCUT2D eigenvalue weighted by Gasteiger charge is 2.10. The number of methoxy groups -OCH3 is 2. The Morgan fingerprint density at radius 2 is 1.80 bits per heavy atom. The molecule has 0 aliphatic carbocycles. The lowest BCUT2D eigenvalue weighted by atomic mass is 10.1. The second-order valence-electron chi connectivity index (χ2n) is 7.65. The first-order valence-electron chi connectivity index (χ1n) is 10.6. The first-order valence-corrected chi connectivity index (χ1v) is 10.6. The van der Waals surface area contributed by atoms with Crippen molar-refractivity contribution < 1.29 is 18.9 Å². The molecule has 6 nitrogen and oxygen atoms in total. The first kappa shape index (κ1) is 22.4. The van der Waals surface area contributed by atoms with E-state index in [-0.39, 0.29) is 0 Å². The summed E-state index contributed by atoms with van der Waals surface area (Å²) < 4.78 is 22.2. The van der Waals surface area contributed by atoms with Crippen LogP contribution in [0.2, 0.25) is 0 Å². The lowest BCUT2D eigenvalue weighted by Crippen LogP contribution is -2.37. The normalized spacial score (nSPS) is 14.7. The standard InChI is InChI=1S/C24H34N2O4/c1-25(19-21-8-9-22(27-2)17-24(21)28-3)18-20-6-4-7-23(16-20)30-13-5-10-26-11-14-29-15-12-26/h4,6-9,16-17H,5,10-15,18-19H2,1-3H3. The van der Waals surface area contributed by atoms with Crippen LogP contribution in [0.4, 0.5) is 0 Å². The van der Waals surface area contributed by atoms with Crippen LogP contribution in [0.1, 0.15) is 17.5 Å². The highest BCUT2D eigenvalue weighted by molar-refractivity contribution is 5.40. The number of morpholine rings is 1. The number of benzene rings is 2. The number of ether oxygens (including phenoxy) is 4. The van der Waals surface area contributed by atoms with Gasteiger partial charge in [0, 0.05) is 44.4 Å². The maximum absolute atomic E-state index is 5.99. The van der Waals surface area contributed by atoms with E-state index in [0.717, 1.165) is 81.8 Å². The van der Waals surface area contributed by atoms with E-state index in [1.165, 1.54) is 5.56 Å². The summed E-state index contributed by atoms with van der Waals surface area (Å²) in [5.41, 5.74) is 2.37. The van der Waals surface area contributed by atoms with Gasteiger partial charge in [0.2, 0.25) is 0 Å². The van der Waals surface area contributed by atoms with Crippen molar-refractivity contribution in [3.8, 4) is 17.2 Å². The van der Waals surface area contributed by atoms with Crippen molar-refractivity contribution in [2.75, 3.05) is 60.7 Å². The third kappa shape index (κ3) is 6.90. The zero-order chi connectivity index (χ0) is 21.2. The van der Waals surface area contributed by atoms with Gasteiger partial charge in [-0.3, -0.25) is 9.80 Å². The molecule has 1 aliphatic rings. The fourth-order valence-electron chi connectivity index (χ4n) is 3.68. The second kappa shape index (κ2) is 11.8. The Kier molecular flexibility index (Phi) is 8.81.